The summed E-state index contributed by atoms with van der Waals surface area (Å²) in [5.74, 6) is -0.497. The summed E-state index contributed by atoms with van der Waals surface area (Å²) in [4.78, 5) is 35.6. The molecule has 0 aliphatic heterocycles. The van der Waals surface area contributed by atoms with Crippen molar-refractivity contribution in [2.24, 2.45) is 0 Å². The first-order valence-corrected chi connectivity index (χ1v) is 10.4. The van der Waals surface area contributed by atoms with E-state index in [0.29, 0.717) is 16.9 Å². The SMILES string of the molecule is O=C(c1ccc(Br)cc1)c1c2c([N+](=O)[O-])cc([N+](=O)[O-])cc2c2n(-c3ccccc3)cnn12. The van der Waals surface area contributed by atoms with E-state index in [0.717, 1.165) is 10.5 Å². The van der Waals surface area contributed by atoms with Crippen LogP contribution in [-0.4, -0.2) is 29.8 Å². The van der Waals surface area contributed by atoms with Gasteiger partial charge in [0.25, 0.3) is 11.4 Å². The van der Waals surface area contributed by atoms with Gasteiger partial charge in [0.2, 0.25) is 5.78 Å². The number of aromatic nitrogens is 3. The van der Waals surface area contributed by atoms with E-state index in [9.17, 15) is 25.0 Å². The molecule has 0 bridgehead atoms. The van der Waals surface area contributed by atoms with Gasteiger partial charge in [-0.1, -0.05) is 34.1 Å². The molecule has 11 heteroatoms. The predicted octanol–water partition coefficient (Wildman–Crippen LogP) is 5.09. The summed E-state index contributed by atoms with van der Waals surface area (Å²) in [6.07, 6.45) is 1.47. The van der Waals surface area contributed by atoms with Crippen molar-refractivity contribution in [3.05, 3.63) is 109 Å². The summed E-state index contributed by atoms with van der Waals surface area (Å²) < 4.78 is 3.70. The second kappa shape index (κ2) is 7.64. The lowest BCUT2D eigenvalue weighted by molar-refractivity contribution is -0.393. The van der Waals surface area contributed by atoms with Crippen LogP contribution in [0.3, 0.4) is 0 Å². The third-order valence-corrected chi connectivity index (χ3v) is 5.80. The maximum absolute atomic E-state index is 13.5. The first kappa shape index (κ1) is 20.5. The van der Waals surface area contributed by atoms with Gasteiger partial charge in [0.15, 0.2) is 0 Å². The van der Waals surface area contributed by atoms with E-state index in [1.807, 2.05) is 6.07 Å². The fraction of sp³-hybridized carbons (Fsp3) is 0. The minimum atomic E-state index is -0.722. The van der Waals surface area contributed by atoms with Crippen molar-refractivity contribution in [1.82, 2.24) is 14.2 Å². The van der Waals surface area contributed by atoms with Crippen LogP contribution in [0.15, 0.2) is 77.5 Å². The number of rotatable bonds is 5. The van der Waals surface area contributed by atoms with Crippen molar-refractivity contribution in [2.45, 2.75) is 0 Å². The summed E-state index contributed by atoms with van der Waals surface area (Å²) in [5, 5.41) is 28.0. The number of nitro benzene ring substituents is 2. The Morgan fingerprint density at radius 2 is 1.64 bits per heavy atom. The van der Waals surface area contributed by atoms with Crippen LogP contribution in [0.1, 0.15) is 16.1 Å². The zero-order valence-corrected chi connectivity index (χ0v) is 18.2. The molecule has 0 saturated carbocycles. The van der Waals surface area contributed by atoms with Gasteiger partial charge in [-0.25, -0.2) is 4.52 Å². The lowest BCUT2D eigenvalue weighted by Crippen LogP contribution is -2.07. The largest absolute Gasteiger partial charge is 0.287 e. The summed E-state index contributed by atoms with van der Waals surface area (Å²) in [7, 11) is 0. The molecule has 0 amide bonds. The van der Waals surface area contributed by atoms with Gasteiger partial charge in [-0.05, 0) is 36.4 Å². The standard InChI is InChI=1S/C22H12BrN5O5/c23-14-8-6-13(7-9-14)21(29)20-19-17(10-16(27(30)31)11-18(19)28(32)33)22-25(12-24-26(20)22)15-4-2-1-3-5-15/h1-12H. The Kier molecular flexibility index (Phi) is 4.75. The Bertz CT molecular complexity index is 1590. The van der Waals surface area contributed by atoms with Gasteiger partial charge in [-0.15, -0.1) is 0 Å². The van der Waals surface area contributed by atoms with Crippen LogP contribution in [0.25, 0.3) is 22.1 Å². The molecule has 2 heterocycles. The summed E-state index contributed by atoms with van der Waals surface area (Å²) in [6, 6.07) is 17.7. The van der Waals surface area contributed by atoms with Crippen LogP contribution in [0.5, 0.6) is 0 Å². The molecule has 10 nitrogen and oxygen atoms in total. The van der Waals surface area contributed by atoms with E-state index in [1.165, 1.54) is 16.9 Å². The van der Waals surface area contributed by atoms with Crippen LogP contribution < -0.4 is 0 Å². The Labute approximate surface area is 193 Å². The van der Waals surface area contributed by atoms with E-state index in [-0.39, 0.29) is 16.5 Å². The number of hydrogen-bond donors (Lipinski definition) is 0. The Morgan fingerprint density at radius 3 is 2.27 bits per heavy atom. The molecule has 0 aliphatic carbocycles. The monoisotopic (exact) mass is 505 g/mol. The highest BCUT2D eigenvalue weighted by Crippen LogP contribution is 2.39. The highest BCUT2D eigenvalue weighted by atomic mass is 79.9. The number of hydrogen-bond acceptors (Lipinski definition) is 6. The van der Waals surface area contributed by atoms with Gasteiger partial charge in [0.1, 0.15) is 17.7 Å². The number of non-ortho nitro benzene ring substituents is 2. The third kappa shape index (κ3) is 3.26. The minimum Gasteiger partial charge on any atom is -0.287 e. The van der Waals surface area contributed by atoms with Gasteiger partial charge in [0.05, 0.1) is 21.3 Å². The van der Waals surface area contributed by atoms with Gasteiger partial charge < -0.3 is 0 Å². The molecule has 2 aromatic heterocycles. The first-order valence-electron chi connectivity index (χ1n) is 9.57. The maximum Gasteiger partial charge on any atom is 0.286 e. The number of nitro groups is 2. The number of benzene rings is 3. The van der Waals surface area contributed by atoms with Crippen molar-refractivity contribution in [1.29, 1.82) is 0 Å². The molecule has 3 aromatic carbocycles. The van der Waals surface area contributed by atoms with E-state index >= 15 is 0 Å². The molecule has 0 unspecified atom stereocenters. The summed E-state index contributed by atoms with van der Waals surface area (Å²) >= 11 is 3.32. The number of halogens is 1. The first-order chi connectivity index (χ1) is 15.9. The minimum absolute atomic E-state index is 0.00806. The molecule has 0 aliphatic rings. The predicted molar refractivity (Wildman–Crippen MR) is 123 cm³/mol. The zero-order chi connectivity index (χ0) is 23.3. The van der Waals surface area contributed by atoms with Crippen LogP contribution in [-0.2, 0) is 0 Å². The van der Waals surface area contributed by atoms with Gasteiger partial charge in [0, 0.05) is 27.2 Å². The Morgan fingerprint density at radius 1 is 0.939 bits per heavy atom. The van der Waals surface area contributed by atoms with Crippen LogP contribution >= 0.6 is 15.9 Å². The molecule has 0 saturated heterocycles. The van der Waals surface area contributed by atoms with Crippen LogP contribution in [0.4, 0.5) is 11.4 Å². The lowest BCUT2D eigenvalue weighted by Gasteiger charge is -2.03. The third-order valence-electron chi connectivity index (χ3n) is 5.27. The smallest absolute Gasteiger partial charge is 0.286 e. The molecule has 33 heavy (non-hydrogen) atoms. The van der Waals surface area contributed by atoms with Crippen LogP contribution in [0, 0.1) is 20.2 Å². The summed E-state index contributed by atoms with van der Waals surface area (Å²) in [6.45, 7) is 0. The van der Waals surface area contributed by atoms with Gasteiger partial charge >= 0.3 is 0 Å². The molecule has 5 rings (SSSR count). The number of ketones is 1. The molecular weight excluding hydrogens is 494 g/mol. The number of carbonyl (C=O) groups is 1. The van der Waals surface area contributed by atoms with Crippen molar-refractivity contribution < 1.29 is 14.6 Å². The van der Waals surface area contributed by atoms with E-state index in [2.05, 4.69) is 21.0 Å². The quantitative estimate of drug-likeness (QED) is 0.186. The highest BCUT2D eigenvalue weighted by molar-refractivity contribution is 9.10. The van der Waals surface area contributed by atoms with Crippen molar-refractivity contribution >= 4 is 49.5 Å². The van der Waals surface area contributed by atoms with E-state index < -0.39 is 27.0 Å². The normalized spacial score (nSPS) is 11.2. The molecule has 0 fully saturated rings. The average molecular weight is 506 g/mol. The molecule has 5 aromatic rings. The number of carbonyl (C=O) groups excluding carboxylic acids is 1. The molecule has 162 valence electrons. The topological polar surface area (TPSA) is 126 Å². The molecule has 0 spiro atoms. The van der Waals surface area contributed by atoms with E-state index in [1.54, 1.807) is 53.1 Å². The molecule has 0 N–H and O–H groups in total. The fourth-order valence-electron chi connectivity index (χ4n) is 3.84. The number of para-hydroxylation sites is 1. The lowest BCUT2D eigenvalue weighted by atomic mass is 10.0. The second-order valence-electron chi connectivity index (χ2n) is 7.16. The van der Waals surface area contributed by atoms with Crippen molar-refractivity contribution in [3.63, 3.8) is 0 Å². The average Bonchev–Trinajstić information content (AvgIpc) is 3.37. The second-order valence-corrected chi connectivity index (χ2v) is 8.07. The Balaban J connectivity index is 1.94. The molecule has 0 radical (unpaired) electrons. The Hall–Kier alpha value is -4.38. The highest BCUT2D eigenvalue weighted by Gasteiger charge is 2.31. The zero-order valence-electron chi connectivity index (χ0n) is 16.6. The van der Waals surface area contributed by atoms with Gasteiger partial charge in [-0.3, -0.25) is 29.6 Å². The number of fused-ring (bicyclic) bond motifs is 3. The molecular formula is C22H12BrN5O5. The fourth-order valence-corrected chi connectivity index (χ4v) is 4.10. The number of nitrogens with zero attached hydrogens (tertiary/aromatic N) is 5. The molecule has 0 atom stereocenters. The van der Waals surface area contributed by atoms with Crippen molar-refractivity contribution in [2.75, 3.05) is 0 Å². The summed E-state index contributed by atoms with van der Waals surface area (Å²) in [5.41, 5.74) is 0.245. The van der Waals surface area contributed by atoms with Gasteiger partial charge in [-0.2, -0.15) is 5.10 Å². The van der Waals surface area contributed by atoms with E-state index in [4.69, 9.17) is 0 Å². The van der Waals surface area contributed by atoms with Crippen molar-refractivity contribution in [3.8, 4) is 5.69 Å². The van der Waals surface area contributed by atoms with Crippen LogP contribution in [0.2, 0.25) is 0 Å². The maximum atomic E-state index is 13.5.